The maximum atomic E-state index is 12.3. The molecule has 0 saturated carbocycles. The number of methoxy groups -OCH3 is 1. The van der Waals surface area contributed by atoms with Gasteiger partial charge in [-0.05, 0) is 42.8 Å². The summed E-state index contributed by atoms with van der Waals surface area (Å²) in [6.07, 6.45) is 4.83. The number of carbonyl (C=O) groups is 1. The van der Waals surface area contributed by atoms with Crippen molar-refractivity contribution in [3.8, 4) is 22.8 Å². The number of amides is 1. The molecule has 2 aromatic carbocycles. The van der Waals surface area contributed by atoms with E-state index in [1.165, 1.54) is 11.8 Å². The summed E-state index contributed by atoms with van der Waals surface area (Å²) in [5, 5.41) is 10.9. The van der Waals surface area contributed by atoms with E-state index in [0.717, 1.165) is 16.7 Å². The van der Waals surface area contributed by atoms with E-state index in [4.69, 9.17) is 9.47 Å². The van der Waals surface area contributed by atoms with Crippen molar-refractivity contribution in [1.82, 2.24) is 20.6 Å². The Balaban J connectivity index is 1.42. The molecule has 0 bridgehead atoms. The first-order valence-corrected chi connectivity index (χ1v) is 10.3. The number of nitrogens with one attached hydrogen (secondary N) is 2. The minimum atomic E-state index is -0.404. The normalized spacial score (nSPS) is 10.8. The average Bonchev–Trinajstić information content (AvgIpc) is 3.35. The zero-order valence-corrected chi connectivity index (χ0v) is 18.3. The first-order valence-electron chi connectivity index (χ1n) is 10.3. The van der Waals surface area contributed by atoms with E-state index in [1.807, 2.05) is 43.3 Å². The van der Waals surface area contributed by atoms with Gasteiger partial charge in [0, 0.05) is 23.5 Å². The van der Waals surface area contributed by atoms with Crippen LogP contribution in [0.25, 0.3) is 11.3 Å². The van der Waals surface area contributed by atoms with Crippen LogP contribution in [-0.4, -0.2) is 34.4 Å². The molecule has 4 aromatic rings. The largest absolute Gasteiger partial charge is 0.493 e. The number of hydrogen-bond acceptors (Lipinski definition) is 6. The third-order valence-electron chi connectivity index (χ3n) is 4.86. The van der Waals surface area contributed by atoms with Crippen molar-refractivity contribution < 1.29 is 14.3 Å². The number of benzene rings is 2. The molecular weight excluding hydrogens is 418 g/mol. The fourth-order valence-corrected chi connectivity index (χ4v) is 3.06. The molecule has 0 atom stereocenters. The smallest absolute Gasteiger partial charge is 0.289 e. The third-order valence-corrected chi connectivity index (χ3v) is 4.86. The number of H-pyrrole nitrogens is 1. The number of aromatic nitrogens is 3. The van der Waals surface area contributed by atoms with Gasteiger partial charge in [0.05, 0.1) is 19.0 Å². The summed E-state index contributed by atoms with van der Waals surface area (Å²) >= 11 is 0. The Kier molecular flexibility index (Phi) is 6.75. The Bertz CT molecular complexity index is 1250. The van der Waals surface area contributed by atoms with Gasteiger partial charge in [-0.1, -0.05) is 35.9 Å². The lowest BCUT2D eigenvalue weighted by Crippen LogP contribution is -2.18. The van der Waals surface area contributed by atoms with Gasteiger partial charge in [-0.15, -0.1) is 0 Å². The van der Waals surface area contributed by atoms with Crippen LogP contribution in [-0.2, 0) is 6.61 Å². The van der Waals surface area contributed by atoms with Crippen molar-refractivity contribution in [1.29, 1.82) is 0 Å². The van der Waals surface area contributed by atoms with E-state index in [1.54, 1.807) is 31.6 Å². The van der Waals surface area contributed by atoms with Gasteiger partial charge in [0.2, 0.25) is 0 Å². The molecule has 33 heavy (non-hydrogen) atoms. The van der Waals surface area contributed by atoms with Gasteiger partial charge in [0.25, 0.3) is 5.91 Å². The Morgan fingerprint density at radius 2 is 1.97 bits per heavy atom. The highest BCUT2D eigenvalue weighted by molar-refractivity contribution is 5.94. The maximum absolute atomic E-state index is 12.3. The summed E-state index contributed by atoms with van der Waals surface area (Å²) in [5.41, 5.74) is 7.18. The van der Waals surface area contributed by atoms with Crippen molar-refractivity contribution in [2.45, 2.75) is 13.5 Å². The van der Waals surface area contributed by atoms with Gasteiger partial charge in [0.1, 0.15) is 12.3 Å². The highest BCUT2D eigenvalue weighted by Gasteiger charge is 2.13. The first-order chi connectivity index (χ1) is 16.1. The summed E-state index contributed by atoms with van der Waals surface area (Å²) in [6.45, 7) is 2.48. The molecule has 0 aliphatic heterocycles. The highest BCUT2D eigenvalue weighted by Crippen LogP contribution is 2.32. The van der Waals surface area contributed by atoms with E-state index < -0.39 is 5.91 Å². The van der Waals surface area contributed by atoms with E-state index in [2.05, 4.69) is 37.8 Å². The molecule has 2 heterocycles. The van der Waals surface area contributed by atoms with Gasteiger partial charge in [-0.25, -0.2) is 5.43 Å². The van der Waals surface area contributed by atoms with Crippen LogP contribution >= 0.6 is 0 Å². The van der Waals surface area contributed by atoms with Crippen LogP contribution in [0.4, 0.5) is 0 Å². The lowest BCUT2D eigenvalue weighted by atomic mass is 10.1. The molecule has 2 N–H and O–H groups in total. The molecule has 0 radical (unpaired) electrons. The Morgan fingerprint density at radius 1 is 1.12 bits per heavy atom. The van der Waals surface area contributed by atoms with Crippen molar-refractivity contribution >= 4 is 12.1 Å². The molecule has 0 unspecified atom stereocenters. The maximum Gasteiger partial charge on any atom is 0.289 e. The number of rotatable bonds is 8. The third kappa shape index (κ3) is 5.62. The number of pyridine rings is 1. The molecule has 2 aromatic heterocycles. The van der Waals surface area contributed by atoms with Crippen molar-refractivity contribution in [2.24, 2.45) is 5.10 Å². The van der Waals surface area contributed by atoms with Crippen LogP contribution in [0, 0.1) is 6.92 Å². The van der Waals surface area contributed by atoms with E-state index in [9.17, 15) is 4.79 Å². The second kappa shape index (κ2) is 10.2. The van der Waals surface area contributed by atoms with E-state index in [0.29, 0.717) is 23.8 Å². The molecule has 4 rings (SSSR count). The number of ether oxygens (including phenoxy) is 2. The number of nitrogens with zero attached hydrogens (tertiary/aromatic N) is 3. The van der Waals surface area contributed by atoms with Gasteiger partial charge in [-0.3, -0.25) is 14.9 Å². The number of hydrazone groups is 1. The molecule has 0 aliphatic carbocycles. The monoisotopic (exact) mass is 441 g/mol. The predicted octanol–water partition coefficient (Wildman–Crippen LogP) is 4.13. The molecule has 0 saturated heterocycles. The summed E-state index contributed by atoms with van der Waals surface area (Å²) in [6, 6.07) is 19.0. The summed E-state index contributed by atoms with van der Waals surface area (Å²) < 4.78 is 11.4. The molecule has 0 fully saturated rings. The zero-order chi connectivity index (χ0) is 23.0. The van der Waals surface area contributed by atoms with Crippen molar-refractivity contribution in [3.63, 3.8) is 0 Å². The van der Waals surface area contributed by atoms with E-state index >= 15 is 0 Å². The second-order valence-corrected chi connectivity index (χ2v) is 7.29. The first kappa shape index (κ1) is 21.8. The lowest BCUT2D eigenvalue weighted by Gasteiger charge is -2.12. The van der Waals surface area contributed by atoms with Gasteiger partial charge < -0.3 is 9.47 Å². The molecule has 8 heteroatoms. The lowest BCUT2D eigenvalue weighted by molar-refractivity contribution is 0.0950. The minimum absolute atomic E-state index is 0.284. The van der Waals surface area contributed by atoms with Crippen LogP contribution in [0.1, 0.15) is 27.2 Å². The Morgan fingerprint density at radius 3 is 2.73 bits per heavy atom. The minimum Gasteiger partial charge on any atom is -0.493 e. The van der Waals surface area contributed by atoms with Crippen LogP contribution in [0.2, 0.25) is 0 Å². The Hall–Kier alpha value is -4.46. The number of hydrogen-bond donors (Lipinski definition) is 2. The van der Waals surface area contributed by atoms with Gasteiger partial charge in [0.15, 0.2) is 11.5 Å². The SMILES string of the molecule is COc1cc(-c2cc(C(=O)N/N=C\c3cccnc3)[nH]n2)ccc1OCc1ccc(C)cc1. The van der Waals surface area contributed by atoms with Crippen LogP contribution < -0.4 is 14.9 Å². The molecule has 1 amide bonds. The summed E-state index contributed by atoms with van der Waals surface area (Å²) in [7, 11) is 1.58. The number of aryl methyl sites for hydroxylation is 1. The molecule has 166 valence electrons. The fraction of sp³-hybridized carbons (Fsp3) is 0.120. The number of aromatic amines is 1. The van der Waals surface area contributed by atoms with Crippen molar-refractivity contribution in [2.75, 3.05) is 7.11 Å². The predicted molar refractivity (Wildman–Crippen MR) is 125 cm³/mol. The van der Waals surface area contributed by atoms with Gasteiger partial charge in [-0.2, -0.15) is 10.2 Å². The molecule has 0 spiro atoms. The van der Waals surface area contributed by atoms with Crippen LogP contribution in [0.15, 0.2) is 78.2 Å². The second-order valence-electron chi connectivity index (χ2n) is 7.29. The zero-order valence-electron chi connectivity index (χ0n) is 18.3. The quantitative estimate of drug-likeness (QED) is 0.316. The molecule has 8 nitrogen and oxygen atoms in total. The Labute approximate surface area is 191 Å². The highest BCUT2D eigenvalue weighted by atomic mass is 16.5. The topological polar surface area (TPSA) is 101 Å². The van der Waals surface area contributed by atoms with E-state index in [-0.39, 0.29) is 5.69 Å². The summed E-state index contributed by atoms with van der Waals surface area (Å²) in [5.74, 6) is 0.800. The molecular formula is C25H23N5O3. The number of carbonyl (C=O) groups excluding carboxylic acids is 1. The molecule has 0 aliphatic rings. The standard InChI is InChI=1S/C25H23N5O3/c1-17-5-7-18(8-6-17)16-33-23-10-9-20(12-24(23)32-2)21-13-22(29-28-21)25(31)30-27-15-19-4-3-11-26-14-19/h3-15H,16H2,1-2H3,(H,28,29)(H,30,31)/b27-15-. The van der Waals surface area contributed by atoms with Crippen molar-refractivity contribution in [3.05, 3.63) is 95.4 Å². The van der Waals surface area contributed by atoms with Crippen LogP contribution in [0.5, 0.6) is 11.5 Å². The van der Waals surface area contributed by atoms with Crippen LogP contribution in [0.3, 0.4) is 0 Å². The average molecular weight is 441 g/mol. The van der Waals surface area contributed by atoms with Gasteiger partial charge >= 0.3 is 0 Å². The summed E-state index contributed by atoms with van der Waals surface area (Å²) in [4.78, 5) is 16.3. The fourth-order valence-electron chi connectivity index (χ4n) is 3.06.